The topological polar surface area (TPSA) is 107 Å². The van der Waals surface area contributed by atoms with Gasteiger partial charge < -0.3 is 20.7 Å². The highest BCUT2D eigenvalue weighted by molar-refractivity contribution is 6.43. The molecule has 1 amide bonds. The van der Waals surface area contributed by atoms with Gasteiger partial charge in [0.1, 0.15) is 5.69 Å². The maximum atomic E-state index is 12.6. The second-order valence-corrected chi connectivity index (χ2v) is 7.13. The maximum absolute atomic E-state index is 12.6. The van der Waals surface area contributed by atoms with E-state index in [1.165, 1.54) is 18.6 Å². The summed E-state index contributed by atoms with van der Waals surface area (Å²) in [5.41, 5.74) is 1.72. The Balaban J connectivity index is 2.16. The van der Waals surface area contributed by atoms with Crippen LogP contribution in [-0.4, -0.2) is 45.0 Å². The molecular formula is C20H27BN4O3. The first-order valence-corrected chi connectivity index (χ1v) is 9.29. The van der Waals surface area contributed by atoms with E-state index in [1.807, 2.05) is 44.2 Å². The molecule has 0 saturated carbocycles. The zero-order chi connectivity index (χ0) is 20.5. The molecule has 7 nitrogen and oxygen atoms in total. The molecule has 148 valence electrons. The molecule has 0 bridgehead atoms. The molecule has 0 spiro atoms. The molecular weight excluding hydrogens is 355 g/mol. The van der Waals surface area contributed by atoms with Crippen molar-refractivity contribution in [3.8, 4) is 0 Å². The number of nitrogens with zero attached hydrogens (tertiary/aromatic N) is 2. The van der Waals surface area contributed by atoms with Gasteiger partial charge in [-0.2, -0.15) is 0 Å². The van der Waals surface area contributed by atoms with Crippen LogP contribution in [0, 0.1) is 5.92 Å². The van der Waals surface area contributed by atoms with E-state index >= 15 is 0 Å². The zero-order valence-electron chi connectivity index (χ0n) is 16.2. The van der Waals surface area contributed by atoms with Crippen molar-refractivity contribution in [1.82, 2.24) is 20.6 Å². The third-order valence-electron chi connectivity index (χ3n) is 4.26. The number of amides is 1. The highest BCUT2D eigenvalue weighted by Crippen LogP contribution is 2.12. The Morgan fingerprint density at radius 1 is 1.18 bits per heavy atom. The van der Waals surface area contributed by atoms with Crippen LogP contribution in [0.15, 0.2) is 61.2 Å². The van der Waals surface area contributed by atoms with Crippen LogP contribution < -0.4 is 10.6 Å². The van der Waals surface area contributed by atoms with Gasteiger partial charge in [-0.25, -0.2) is 4.98 Å². The summed E-state index contributed by atoms with van der Waals surface area (Å²) in [7, 11) is -1.53. The average molecular weight is 382 g/mol. The summed E-state index contributed by atoms with van der Waals surface area (Å²) in [6.45, 7) is 8.04. The first-order chi connectivity index (χ1) is 13.4. The lowest BCUT2D eigenvalue weighted by molar-refractivity contribution is 0.0935. The highest BCUT2D eigenvalue weighted by Gasteiger charge is 2.27. The standard InChI is InChI=1S/C20H27BN4O3/c1-14(2)11-19(21(27)28)24-15(3)17(12-16-7-5-4-6-8-16)25-20(26)18-13-22-9-10-23-18/h4-10,13-14,17,19,24,27-28H,3,11-12H2,1-2H3,(H,25,26)/t17?,19-/m0/s1. The summed E-state index contributed by atoms with van der Waals surface area (Å²) in [5.74, 6) is -0.699. The second kappa shape index (κ2) is 10.6. The maximum Gasteiger partial charge on any atom is 0.475 e. The van der Waals surface area contributed by atoms with Gasteiger partial charge in [-0.15, -0.1) is 0 Å². The lowest BCUT2D eigenvalue weighted by Gasteiger charge is -2.27. The van der Waals surface area contributed by atoms with E-state index in [1.54, 1.807) is 0 Å². The van der Waals surface area contributed by atoms with Gasteiger partial charge in [0.2, 0.25) is 0 Å². The molecule has 2 atom stereocenters. The SMILES string of the molecule is C=C(N[C@@H](CC(C)C)B(O)O)C(Cc1ccccc1)NC(=O)c1cnccn1. The monoisotopic (exact) mass is 382 g/mol. The smallest absolute Gasteiger partial charge is 0.426 e. The van der Waals surface area contributed by atoms with Crippen molar-refractivity contribution in [2.75, 3.05) is 0 Å². The van der Waals surface area contributed by atoms with Crippen molar-refractivity contribution < 1.29 is 14.8 Å². The molecule has 28 heavy (non-hydrogen) atoms. The van der Waals surface area contributed by atoms with Crippen molar-refractivity contribution in [1.29, 1.82) is 0 Å². The number of hydrogen-bond donors (Lipinski definition) is 4. The molecule has 0 aliphatic carbocycles. The molecule has 0 saturated heterocycles. The first kappa shape index (κ1) is 21.6. The Bertz CT molecular complexity index is 757. The number of aromatic nitrogens is 2. The quantitative estimate of drug-likeness (QED) is 0.462. The first-order valence-electron chi connectivity index (χ1n) is 9.29. The van der Waals surface area contributed by atoms with Gasteiger partial charge in [0.05, 0.1) is 18.2 Å². The summed E-state index contributed by atoms with van der Waals surface area (Å²) in [4.78, 5) is 20.5. The number of rotatable bonds is 10. The van der Waals surface area contributed by atoms with Crippen LogP contribution in [0.4, 0.5) is 0 Å². The molecule has 1 aromatic carbocycles. The predicted molar refractivity (Wildman–Crippen MR) is 109 cm³/mol. The summed E-state index contributed by atoms with van der Waals surface area (Å²) >= 11 is 0. The summed E-state index contributed by atoms with van der Waals surface area (Å²) in [6.07, 6.45) is 5.39. The highest BCUT2D eigenvalue weighted by atomic mass is 16.4. The minimum absolute atomic E-state index is 0.203. The summed E-state index contributed by atoms with van der Waals surface area (Å²) in [5, 5.41) is 25.4. The fourth-order valence-electron chi connectivity index (χ4n) is 2.86. The van der Waals surface area contributed by atoms with Crippen molar-refractivity contribution >= 4 is 13.0 Å². The Hall–Kier alpha value is -2.71. The van der Waals surface area contributed by atoms with Crippen LogP contribution in [-0.2, 0) is 6.42 Å². The van der Waals surface area contributed by atoms with Gasteiger partial charge >= 0.3 is 7.12 Å². The fourth-order valence-corrected chi connectivity index (χ4v) is 2.86. The Kier molecular flexibility index (Phi) is 8.16. The molecule has 0 radical (unpaired) electrons. The molecule has 0 fully saturated rings. The molecule has 0 aliphatic rings. The largest absolute Gasteiger partial charge is 0.475 e. The fraction of sp³-hybridized carbons (Fsp3) is 0.350. The second-order valence-electron chi connectivity index (χ2n) is 7.13. The van der Waals surface area contributed by atoms with E-state index in [9.17, 15) is 14.8 Å². The number of nitrogens with one attached hydrogen (secondary N) is 2. The van der Waals surface area contributed by atoms with E-state index in [-0.39, 0.29) is 17.5 Å². The third-order valence-corrected chi connectivity index (χ3v) is 4.26. The van der Waals surface area contributed by atoms with Crippen molar-refractivity contribution in [3.05, 3.63) is 72.5 Å². The van der Waals surface area contributed by atoms with Crippen LogP contribution in [0.5, 0.6) is 0 Å². The Morgan fingerprint density at radius 2 is 1.89 bits per heavy atom. The zero-order valence-corrected chi connectivity index (χ0v) is 16.2. The van der Waals surface area contributed by atoms with Gasteiger partial charge in [0.25, 0.3) is 5.91 Å². The summed E-state index contributed by atoms with van der Waals surface area (Å²) < 4.78 is 0. The Labute approximate surface area is 166 Å². The number of benzene rings is 1. The molecule has 4 N–H and O–H groups in total. The molecule has 8 heteroatoms. The average Bonchev–Trinajstić information content (AvgIpc) is 2.68. The lowest BCUT2D eigenvalue weighted by atomic mass is 9.74. The van der Waals surface area contributed by atoms with E-state index < -0.39 is 19.1 Å². The number of carbonyl (C=O) groups is 1. The van der Waals surface area contributed by atoms with Gasteiger partial charge in [0, 0.05) is 18.1 Å². The van der Waals surface area contributed by atoms with Crippen LogP contribution in [0.2, 0.25) is 0 Å². The minimum Gasteiger partial charge on any atom is -0.426 e. The number of carbonyl (C=O) groups excluding carboxylic acids is 1. The van der Waals surface area contributed by atoms with E-state index in [2.05, 4.69) is 27.2 Å². The molecule has 1 aromatic heterocycles. The van der Waals surface area contributed by atoms with Gasteiger partial charge in [0.15, 0.2) is 0 Å². The third kappa shape index (κ3) is 6.79. The normalized spacial score (nSPS) is 12.9. The van der Waals surface area contributed by atoms with Gasteiger partial charge in [-0.05, 0) is 24.3 Å². The summed E-state index contributed by atoms with van der Waals surface area (Å²) in [6, 6.07) is 9.22. The van der Waals surface area contributed by atoms with E-state index in [0.717, 1.165) is 5.56 Å². The van der Waals surface area contributed by atoms with Crippen LogP contribution in [0.1, 0.15) is 36.3 Å². The number of hydrogen-bond acceptors (Lipinski definition) is 6. The molecule has 0 aliphatic heterocycles. The predicted octanol–water partition coefficient (Wildman–Crippen LogP) is 1.35. The van der Waals surface area contributed by atoms with Crippen molar-refractivity contribution in [3.63, 3.8) is 0 Å². The van der Waals surface area contributed by atoms with E-state index in [4.69, 9.17) is 0 Å². The van der Waals surface area contributed by atoms with Gasteiger partial charge in [-0.3, -0.25) is 9.78 Å². The minimum atomic E-state index is -1.53. The lowest BCUT2D eigenvalue weighted by Crippen LogP contribution is -2.49. The molecule has 1 heterocycles. The van der Waals surface area contributed by atoms with Crippen LogP contribution in [0.3, 0.4) is 0 Å². The van der Waals surface area contributed by atoms with Crippen molar-refractivity contribution in [2.45, 2.75) is 38.7 Å². The van der Waals surface area contributed by atoms with Crippen molar-refractivity contribution in [2.24, 2.45) is 5.92 Å². The van der Waals surface area contributed by atoms with Gasteiger partial charge in [-0.1, -0.05) is 50.8 Å². The van der Waals surface area contributed by atoms with Crippen LogP contribution >= 0.6 is 0 Å². The van der Waals surface area contributed by atoms with E-state index in [0.29, 0.717) is 18.5 Å². The molecule has 2 aromatic rings. The Morgan fingerprint density at radius 3 is 2.46 bits per heavy atom. The van der Waals surface area contributed by atoms with Crippen LogP contribution in [0.25, 0.3) is 0 Å². The molecule has 2 rings (SSSR count). The molecule has 1 unspecified atom stereocenters.